The van der Waals surface area contributed by atoms with Gasteiger partial charge in [0.2, 0.25) is 0 Å². The van der Waals surface area contributed by atoms with Crippen molar-refractivity contribution in [2.24, 2.45) is 0 Å². The third-order valence-corrected chi connectivity index (χ3v) is 2.57. The van der Waals surface area contributed by atoms with Gasteiger partial charge in [-0.15, -0.1) is 0 Å². The zero-order chi connectivity index (χ0) is 12.7. The van der Waals surface area contributed by atoms with Gasteiger partial charge in [-0.1, -0.05) is 25.5 Å². The maximum atomic E-state index is 11.9. The molecule has 0 saturated carbocycles. The van der Waals surface area contributed by atoms with Crippen molar-refractivity contribution in [1.82, 2.24) is 10.2 Å². The van der Waals surface area contributed by atoms with Crippen molar-refractivity contribution >= 4 is 5.91 Å². The number of carbonyl (C=O) groups excluding carboxylic acids is 1. The van der Waals surface area contributed by atoms with Crippen LogP contribution < -0.4 is 5.32 Å². The normalized spacial score (nSPS) is 10.6. The molecule has 0 unspecified atom stereocenters. The van der Waals surface area contributed by atoms with Crippen LogP contribution in [0.1, 0.15) is 29.3 Å². The van der Waals surface area contributed by atoms with Gasteiger partial charge >= 0.3 is 0 Å². The second kappa shape index (κ2) is 7.07. The first-order chi connectivity index (χ1) is 8.13. The number of likely N-dealkylation sites (N-methyl/N-ethyl adjacent to an activating group) is 1. The van der Waals surface area contributed by atoms with Crippen molar-refractivity contribution < 1.29 is 4.79 Å². The number of aryl methyl sites for hydroxylation is 1. The monoisotopic (exact) mass is 234 g/mol. The Balaban J connectivity index is 2.53. The molecule has 0 aliphatic carbocycles. The number of benzene rings is 1. The standard InChI is InChI=1S/C14H22N2O/c1-4-6-12-7-5-8-13(11-12)14(17)15-9-10-16(2)3/h5,7-8,11H,4,6,9-10H2,1-3H3,(H,15,17). The molecule has 3 nitrogen and oxygen atoms in total. The molecule has 0 saturated heterocycles. The molecule has 0 aromatic heterocycles. The molecule has 3 heteroatoms. The van der Waals surface area contributed by atoms with Crippen LogP contribution in [0.25, 0.3) is 0 Å². The molecule has 1 aromatic carbocycles. The molecule has 1 aromatic rings. The largest absolute Gasteiger partial charge is 0.351 e. The summed E-state index contributed by atoms with van der Waals surface area (Å²) in [4.78, 5) is 13.9. The van der Waals surface area contributed by atoms with E-state index in [4.69, 9.17) is 0 Å². The third kappa shape index (κ3) is 5.00. The van der Waals surface area contributed by atoms with E-state index in [2.05, 4.69) is 18.3 Å². The fourth-order valence-electron chi connectivity index (χ4n) is 1.65. The molecule has 0 spiro atoms. The quantitative estimate of drug-likeness (QED) is 0.815. The minimum Gasteiger partial charge on any atom is -0.351 e. The first-order valence-electron chi connectivity index (χ1n) is 6.15. The summed E-state index contributed by atoms with van der Waals surface area (Å²) in [6.45, 7) is 3.69. The summed E-state index contributed by atoms with van der Waals surface area (Å²) in [6, 6.07) is 7.87. The molecule has 0 radical (unpaired) electrons. The lowest BCUT2D eigenvalue weighted by molar-refractivity contribution is 0.0951. The van der Waals surface area contributed by atoms with E-state index in [0.29, 0.717) is 6.54 Å². The van der Waals surface area contributed by atoms with Crippen molar-refractivity contribution in [1.29, 1.82) is 0 Å². The second-order valence-electron chi connectivity index (χ2n) is 4.51. The summed E-state index contributed by atoms with van der Waals surface area (Å²) in [7, 11) is 3.99. The number of hydrogen-bond donors (Lipinski definition) is 1. The Morgan fingerprint density at radius 1 is 1.35 bits per heavy atom. The highest BCUT2D eigenvalue weighted by Crippen LogP contribution is 2.07. The minimum absolute atomic E-state index is 0.0183. The van der Waals surface area contributed by atoms with E-state index in [0.717, 1.165) is 24.9 Å². The zero-order valence-electron chi connectivity index (χ0n) is 11.0. The molecule has 1 amide bonds. The molecule has 0 heterocycles. The molecular formula is C14H22N2O. The van der Waals surface area contributed by atoms with Crippen LogP contribution >= 0.6 is 0 Å². The SMILES string of the molecule is CCCc1cccc(C(=O)NCCN(C)C)c1. The van der Waals surface area contributed by atoms with Crippen molar-refractivity contribution in [3.63, 3.8) is 0 Å². The van der Waals surface area contributed by atoms with Crippen LogP contribution in [0.2, 0.25) is 0 Å². The maximum absolute atomic E-state index is 11.9. The van der Waals surface area contributed by atoms with E-state index in [9.17, 15) is 4.79 Å². The fourth-order valence-corrected chi connectivity index (χ4v) is 1.65. The number of amides is 1. The molecule has 94 valence electrons. The van der Waals surface area contributed by atoms with E-state index in [1.165, 1.54) is 5.56 Å². The van der Waals surface area contributed by atoms with E-state index < -0.39 is 0 Å². The number of nitrogens with one attached hydrogen (secondary N) is 1. The Bertz CT molecular complexity index is 361. The number of nitrogens with zero attached hydrogens (tertiary/aromatic N) is 1. The first kappa shape index (κ1) is 13.7. The highest BCUT2D eigenvalue weighted by atomic mass is 16.1. The Morgan fingerprint density at radius 3 is 2.76 bits per heavy atom. The topological polar surface area (TPSA) is 32.3 Å². The number of hydrogen-bond acceptors (Lipinski definition) is 2. The molecule has 1 rings (SSSR count). The minimum atomic E-state index is 0.0183. The predicted octanol–water partition coefficient (Wildman–Crippen LogP) is 1.93. The number of rotatable bonds is 6. The van der Waals surface area contributed by atoms with Gasteiger partial charge in [0, 0.05) is 18.7 Å². The Labute approximate surface area is 104 Å². The summed E-state index contributed by atoms with van der Waals surface area (Å²) < 4.78 is 0. The van der Waals surface area contributed by atoms with Crippen molar-refractivity contribution in [3.8, 4) is 0 Å². The Kier molecular flexibility index (Phi) is 5.70. The molecule has 0 bridgehead atoms. The molecule has 0 atom stereocenters. The summed E-state index contributed by atoms with van der Waals surface area (Å²) in [5, 5.41) is 2.92. The first-order valence-corrected chi connectivity index (χ1v) is 6.15. The molecule has 17 heavy (non-hydrogen) atoms. The van der Waals surface area contributed by atoms with Crippen LogP contribution in [0, 0.1) is 0 Å². The highest BCUT2D eigenvalue weighted by Gasteiger charge is 2.05. The average Bonchev–Trinajstić information content (AvgIpc) is 2.29. The third-order valence-electron chi connectivity index (χ3n) is 2.57. The molecular weight excluding hydrogens is 212 g/mol. The van der Waals surface area contributed by atoms with E-state index >= 15 is 0 Å². The Morgan fingerprint density at radius 2 is 2.12 bits per heavy atom. The average molecular weight is 234 g/mol. The fraction of sp³-hybridized carbons (Fsp3) is 0.500. The van der Waals surface area contributed by atoms with Crippen LogP contribution in [-0.4, -0.2) is 38.0 Å². The van der Waals surface area contributed by atoms with Gasteiger partial charge < -0.3 is 10.2 Å². The molecule has 0 aliphatic rings. The van der Waals surface area contributed by atoms with Gasteiger partial charge in [-0.05, 0) is 38.2 Å². The van der Waals surface area contributed by atoms with Crippen LogP contribution in [0.3, 0.4) is 0 Å². The van der Waals surface area contributed by atoms with Gasteiger partial charge in [0.1, 0.15) is 0 Å². The summed E-state index contributed by atoms with van der Waals surface area (Å²) in [5.74, 6) is 0.0183. The summed E-state index contributed by atoms with van der Waals surface area (Å²) >= 11 is 0. The van der Waals surface area contributed by atoms with Crippen molar-refractivity contribution in [2.75, 3.05) is 27.2 Å². The smallest absolute Gasteiger partial charge is 0.251 e. The summed E-state index contributed by atoms with van der Waals surface area (Å²) in [5.41, 5.74) is 1.99. The van der Waals surface area contributed by atoms with Gasteiger partial charge in [0.05, 0.1) is 0 Å². The molecule has 0 aliphatic heterocycles. The predicted molar refractivity (Wildman–Crippen MR) is 71.3 cm³/mol. The zero-order valence-corrected chi connectivity index (χ0v) is 11.0. The van der Waals surface area contributed by atoms with Gasteiger partial charge in [-0.25, -0.2) is 0 Å². The molecule has 0 fully saturated rings. The van der Waals surface area contributed by atoms with Crippen LogP contribution in [0.4, 0.5) is 0 Å². The van der Waals surface area contributed by atoms with E-state index in [1.807, 2.05) is 37.2 Å². The number of carbonyl (C=O) groups is 1. The van der Waals surface area contributed by atoms with Crippen molar-refractivity contribution in [2.45, 2.75) is 19.8 Å². The van der Waals surface area contributed by atoms with E-state index in [1.54, 1.807) is 0 Å². The maximum Gasteiger partial charge on any atom is 0.251 e. The van der Waals surface area contributed by atoms with Gasteiger partial charge in [-0.2, -0.15) is 0 Å². The van der Waals surface area contributed by atoms with Crippen LogP contribution in [0.15, 0.2) is 24.3 Å². The summed E-state index contributed by atoms with van der Waals surface area (Å²) in [6.07, 6.45) is 2.13. The van der Waals surface area contributed by atoms with Crippen LogP contribution in [0.5, 0.6) is 0 Å². The highest BCUT2D eigenvalue weighted by molar-refractivity contribution is 5.94. The van der Waals surface area contributed by atoms with Crippen LogP contribution in [-0.2, 0) is 6.42 Å². The van der Waals surface area contributed by atoms with E-state index in [-0.39, 0.29) is 5.91 Å². The lowest BCUT2D eigenvalue weighted by atomic mass is 10.1. The second-order valence-corrected chi connectivity index (χ2v) is 4.51. The van der Waals surface area contributed by atoms with Gasteiger partial charge in [0.25, 0.3) is 5.91 Å². The lowest BCUT2D eigenvalue weighted by Crippen LogP contribution is -2.31. The lowest BCUT2D eigenvalue weighted by Gasteiger charge is -2.10. The van der Waals surface area contributed by atoms with Gasteiger partial charge in [-0.3, -0.25) is 4.79 Å². The Hall–Kier alpha value is -1.35. The van der Waals surface area contributed by atoms with Crippen molar-refractivity contribution in [3.05, 3.63) is 35.4 Å². The molecule has 1 N–H and O–H groups in total. The van der Waals surface area contributed by atoms with Gasteiger partial charge in [0.15, 0.2) is 0 Å².